The molecular weight excluding hydrogens is 420 g/mol. The number of oxime groups is 1. The van der Waals surface area contributed by atoms with E-state index in [1.54, 1.807) is 12.1 Å². The van der Waals surface area contributed by atoms with E-state index in [1.807, 2.05) is 31.2 Å². The Morgan fingerprint density at radius 3 is 2.36 bits per heavy atom. The van der Waals surface area contributed by atoms with Crippen molar-refractivity contribution < 1.29 is 14.6 Å². The van der Waals surface area contributed by atoms with Crippen molar-refractivity contribution in [3.05, 3.63) is 111 Å². The number of amidine groups is 1. The number of aromatic nitrogens is 1. The number of hydrogen-bond acceptors (Lipinski definition) is 5. The van der Waals surface area contributed by atoms with Crippen molar-refractivity contribution in [2.24, 2.45) is 10.9 Å². The van der Waals surface area contributed by atoms with Crippen molar-refractivity contribution in [1.29, 1.82) is 0 Å². The summed E-state index contributed by atoms with van der Waals surface area (Å²) in [6, 6.07) is 21.1. The lowest BCUT2D eigenvalue weighted by atomic mass is 10.1. The zero-order valence-corrected chi connectivity index (χ0v) is 18.2. The molecule has 0 saturated heterocycles. The van der Waals surface area contributed by atoms with Gasteiger partial charge in [-0.1, -0.05) is 35.5 Å². The van der Waals surface area contributed by atoms with Gasteiger partial charge in [0.15, 0.2) is 5.84 Å². The molecule has 8 heteroatoms. The van der Waals surface area contributed by atoms with Gasteiger partial charge in [0.05, 0.1) is 10.5 Å². The van der Waals surface area contributed by atoms with Gasteiger partial charge in [-0.3, -0.25) is 10.1 Å². The van der Waals surface area contributed by atoms with Crippen molar-refractivity contribution in [2.75, 3.05) is 0 Å². The van der Waals surface area contributed by atoms with Crippen LogP contribution in [-0.2, 0) is 11.4 Å². The zero-order chi connectivity index (χ0) is 23.5. The first kappa shape index (κ1) is 21.8. The molecule has 8 nitrogen and oxygen atoms in total. The third-order valence-electron chi connectivity index (χ3n) is 5.66. The maximum Gasteiger partial charge on any atom is 0.365 e. The smallest absolute Gasteiger partial charge is 0.365 e. The molecule has 2 N–H and O–H groups in total. The van der Waals surface area contributed by atoms with Crippen LogP contribution in [0.5, 0.6) is 0 Å². The van der Waals surface area contributed by atoms with Gasteiger partial charge in [0, 0.05) is 40.8 Å². The zero-order valence-electron chi connectivity index (χ0n) is 18.2. The van der Waals surface area contributed by atoms with Crippen LogP contribution in [0.25, 0.3) is 10.9 Å². The second-order valence-electron chi connectivity index (χ2n) is 7.67. The molecular formula is C25H22N4O4. The molecule has 0 aliphatic carbocycles. The summed E-state index contributed by atoms with van der Waals surface area (Å²) in [5.74, 6) is -0.699. The van der Waals surface area contributed by atoms with Gasteiger partial charge in [-0.15, -0.1) is 0 Å². The molecule has 0 unspecified atom stereocenters. The van der Waals surface area contributed by atoms with Crippen molar-refractivity contribution >= 4 is 28.4 Å². The molecule has 4 rings (SSSR count). The maximum atomic E-state index is 12.6. The fourth-order valence-electron chi connectivity index (χ4n) is 3.70. The molecule has 33 heavy (non-hydrogen) atoms. The van der Waals surface area contributed by atoms with Crippen LogP contribution in [0.1, 0.15) is 32.7 Å². The molecule has 0 fully saturated rings. The number of nitro benzene ring substituents is 1. The van der Waals surface area contributed by atoms with Gasteiger partial charge >= 0.3 is 5.97 Å². The topological polar surface area (TPSA) is 113 Å². The summed E-state index contributed by atoms with van der Waals surface area (Å²) in [5.41, 5.74) is 11.0. The Kier molecular flexibility index (Phi) is 5.91. The summed E-state index contributed by atoms with van der Waals surface area (Å²) in [6.45, 7) is 4.82. The first-order chi connectivity index (χ1) is 15.8. The van der Waals surface area contributed by atoms with E-state index >= 15 is 0 Å². The Morgan fingerprint density at radius 2 is 1.70 bits per heavy atom. The molecule has 1 heterocycles. The number of nitro groups is 1. The van der Waals surface area contributed by atoms with E-state index in [1.165, 1.54) is 29.8 Å². The number of nitrogens with zero attached hydrogens (tertiary/aromatic N) is 3. The number of rotatable bonds is 6. The SMILES string of the molecule is Cc1c(C)n(Cc2ccccc2)c2ccc(C(=O)O/N=C(\N)c3ccc([N+](=O)[O-])cc3)cc12. The molecule has 0 atom stereocenters. The average molecular weight is 442 g/mol. The first-order valence-electron chi connectivity index (χ1n) is 10.3. The van der Waals surface area contributed by atoms with Gasteiger partial charge in [0.1, 0.15) is 0 Å². The van der Waals surface area contributed by atoms with Crippen LogP contribution in [0.15, 0.2) is 78.0 Å². The van der Waals surface area contributed by atoms with E-state index in [2.05, 4.69) is 28.8 Å². The van der Waals surface area contributed by atoms with E-state index in [0.29, 0.717) is 11.1 Å². The monoisotopic (exact) mass is 442 g/mol. The van der Waals surface area contributed by atoms with E-state index in [-0.39, 0.29) is 11.5 Å². The molecule has 0 spiro atoms. The van der Waals surface area contributed by atoms with E-state index in [9.17, 15) is 14.9 Å². The fraction of sp³-hybridized carbons (Fsp3) is 0.120. The summed E-state index contributed by atoms with van der Waals surface area (Å²) >= 11 is 0. The maximum absolute atomic E-state index is 12.6. The molecule has 4 aromatic rings. The molecule has 1 aromatic heterocycles. The highest BCUT2D eigenvalue weighted by Gasteiger charge is 2.15. The predicted molar refractivity (Wildman–Crippen MR) is 126 cm³/mol. The average Bonchev–Trinajstić information content (AvgIpc) is 3.07. The summed E-state index contributed by atoms with van der Waals surface area (Å²) in [7, 11) is 0. The number of non-ortho nitro benzene ring substituents is 1. The Morgan fingerprint density at radius 1 is 1.03 bits per heavy atom. The molecule has 3 aromatic carbocycles. The number of aryl methyl sites for hydroxylation is 1. The van der Waals surface area contributed by atoms with Crippen LogP contribution in [0, 0.1) is 24.0 Å². The molecule has 0 aliphatic heterocycles. The van der Waals surface area contributed by atoms with E-state index < -0.39 is 10.9 Å². The summed E-state index contributed by atoms with van der Waals surface area (Å²) in [6.07, 6.45) is 0. The van der Waals surface area contributed by atoms with Crippen LogP contribution in [0.4, 0.5) is 5.69 Å². The van der Waals surface area contributed by atoms with Crippen LogP contribution >= 0.6 is 0 Å². The minimum atomic E-state index is -0.644. The minimum Gasteiger partial charge on any atom is -0.380 e. The molecule has 0 amide bonds. The lowest BCUT2D eigenvalue weighted by Gasteiger charge is -2.09. The van der Waals surface area contributed by atoms with E-state index in [4.69, 9.17) is 10.6 Å². The van der Waals surface area contributed by atoms with Crippen LogP contribution in [0.3, 0.4) is 0 Å². The second-order valence-corrected chi connectivity index (χ2v) is 7.67. The Labute approximate surface area is 190 Å². The number of carbonyl (C=O) groups excluding carboxylic acids is 1. The minimum absolute atomic E-state index is 0.0552. The Balaban J connectivity index is 1.56. The van der Waals surface area contributed by atoms with E-state index in [0.717, 1.165) is 28.7 Å². The largest absolute Gasteiger partial charge is 0.380 e. The van der Waals surface area contributed by atoms with Gasteiger partial charge < -0.3 is 15.1 Å². The second kappa shape index (κ2) is 8.96. The number of hydrogen-bond donors (Lipinski definition) is 1. The van der Waals surface area contributed by atoms with Gasteiger partial charge in [0.2, 0.25) is 0 Å². The summed E-state index contributed by atoms with van der Waals surface area (Å²) in [4.78, 5) is 27.9. The van der Waals surface area contributed by atoms with Crippen molar-refractivity contribution in [1.82, 2.24) is 4.57 Å². The van der Waals surface area contributed by atoms with Crippen LogP contribution in [0.2, 0.25) is 0 Å². The quantitative estimate of drug-likeness (QED) is 0.153. The summed E-state index contributed by atoms with van der Waals surface area (Å²) < 4.78 is 2.22. The van der Waals surface area contributed by atoms with Gasteiger partial charge in [-0.05, 0) is 55.3 Å². The third-order valence-corrected chi connectivity index (χ3v) is 5.66. The highest BCUT2D eigenvalue weighted by Crippen LogP contribution is 2.27. The van der Waals surface area contributed by atoms with Crippen molar-refractivity contribution in [3.63, 3.8) is 0 Å². The summed E-state index contributed by atoms with van der Waals surface area (Å²) in [5, 5.41) is 15.4. The number of nitrogens with two attached hydrogens (primary N) is 1. The third kappa shape index (κ3) is 4.45. The normalized spacial score (nSPS) is 11.5. The standard InChI is InChI=1S/C25H22N4O4/c1-16-17(2)28(15-18-6-4-3-5-7-18)23-13-10-20(14-22(16)23)25(30)33-27-24(26)19-8-11-21(12-9-19)29(31)32/h3-14H,15H2,1-2H3,(H2,26,27). The highest BCUT2D eigenvalue weighted by molar-refractivity contribution is 5.99. The molecule has 0 saturated carbocycles. The molecule has 0 radical (unpaired) electrons. The lowest BCUT2D eigenvalue weighted by Crippen LogP contribution is -2.15. The Bertz CT molecular complexity index is 1370. The predicted octanol–water partition coefficient (Wildman–Crippen LogP) is 4.69. The van der Waals surface area contributed by atoms with Crippen molar-refractivity contribution in [3.8, 4) is 0 Å². The molecule has 166 valence electrons. The fourth-order valence-corrected chi connectivity index (χ4v) is 3.70. The lowest BCUT2D eigenvalue weighted by molar-refractivity contribution is -0.384. The van der Waals surface area contributed by atoms with Crippen LogP contribution in [-0.4, -0.2) is 21.3 Å². The number of fused-ring (bicyclic) bond motifs is 1. The molecule has 0 aliphatic rings. The number of benzene rings is 3. The number of carbonyl (C=O) groups is 1. The van der Waals surface area contributed by atoms with Gasteiger partial charge in [0.25, 0.3) is 5.69 Å². The van der Waals surface area contributed by atoms with Crippen LogP contribution < -0.4 is 5.73 Å². The first-order valence-corrected chi connectivity index (χ1v) is 10.3. The van der Waals surface area contributed by atoms with Gasteiger partial charge in [-0.25, -0.2) is 4.79 Å². The van der Waals surface area contributed by atoms with Crippen molar-refractivity contribution in [2.45, 2.75) is 20.4 Å². The Hall–Kier alpha value is -4.46. The molecule has 0 bridgehead atoms. The van der Waals surface area contributed by atoms with Gasteiger partial charge in [-0.2, -0.15) is 0 Å². The highest BCUT2D eigenvalue weighted by atomic mass is 16.7.